The van der Waals surface area contributed by atoms with Crippen LogP contribution in [0.3, 0.4) is 0 Å². The Labute approximate surface area is 297 Å². The van der Waals surface area contributed by atoms with Crippen molar-refractivity contribution in [1.82, 2.24) is 19.9 Å². The Bertz CT molecular complexity index is 2230. The number of hydrogen-bond acceptors (Lipinski definition) is 11. The van der Waals surface area contributed by atoms with E-state index in [2.05, 4.69) is 19.9 Å². The van der Waals surface area contributed by atoms with Crippen LogP contribution in [-0.2, 0) is 6.18 Å². The second-order valence-corrected chi connectivity index (χ2v) is 13.8. The van der Waals surface area contributed by atoms with Gasteiger partial charge in [-0.1, -0.05) is 6.07 Å². The van der Waals surface area contributed by atoms with E-state index < -0.39 is 58.0 Å². The van der Waals surface area contributed by atoms with E-state index >= 15 is 22.0 Å². The molecule has 2 unspecified atom stereocenters. The topological polar surface area (TPSA) is 139 Å². The molecule has 2 fully saturated rings. The number of halogens is 6. The molecular formula is C35H32F6N8O2S. The zero-order valence-electron chi connectivity index (χ0n) is 27.9. The summed E-state index contributed by atoms with van der Waals surface area (Å²) in [4.78, 5) is 16.3. The lowest BCUT2D eigenvalue weighted by molar-refractivity contribution is -0.138. The molecule has 8 rings (SSSR count). The summed E-state index contributed by atoms with van der Waals surface area (Å²) < 4.78 is 101. The Morgan fingerprint density at radius 1 is 1.12 bits per heavy atom. The largest absolute Gasteiger partial charge is 0.490 e. The second-order valence-electron chi connectivity index (χ2n) is 12.7. The van der Waals surface area contributed by atoms with Crippen LogP contribution in [0.5, 0.6) is 11.8 Å². The van der Waals surface area contributed by atoms with Crippen molar-refractivity contribution < 1.29 is 35.8 Å². The van der Waals surface area contributed by atoms with Crippen molar-refractivity contribution in [3.8, 4) is 29.0 Å². The molecule has 0 radical (unpaired) electrons. The lowest BCUT2D eigenvalue weighted by Crippen LogP contribution is -2.31. The molecule has 0 aliphatic carbocycles. The molecule has 52 heavy (non-hydrogen) atoms. The second kappa shape index (κ2) is 13.5. The van der Waals surface area contributed by atoms with Gasteiger partial charge < -0.3 is 25.8 Å². The Kier molecular flexibility index (Phi) is 9.16. The first kappa shape index (κ1) is 35.3. The standard InChI is InChI=1S/C28H20F5N7O2S.C7H12FN/c1-11(12-4-3-7-37-24(12)35)40-8-9-42-23-19-22(38-27(41-2)39-26(19)40)21(30)18(20(23)28(31,32)33)17-14(29)5-6-15-16(17)13(10-34)25(36)43-15;8-6-4-7-2-1-3-9(7)5-6/h3-7,11H,8-9,36H2,1-2H3,(H2,35,37);6-7H,1-5H2/t11-;/m1./s1. The summed E-state index contributed by atoms with van der Waals surface area (Å²) in [5, 5.41) is 9.04. The summed E-state index contributed by atoms with van der Waals surface area (Å²) >= 11 is 0.865. The molecule has 4 N–H and O–H groups in total. The molecule has 3 aromatic heterocycles. The number of benzene rings is 2. The van der Waals surface area contributed by atoms with E-state index in [4.69, 9.17) is 20.9 Å². The van der Waals surface area contributed by atoms with E-state index in [0.717, 1.165) is 30.4 Å². The Morgan fingerprint density at radius 3 is 2.60 bits per heavy atom. The first-order valence-electron chi connectivity index (χ1n) is 16.4. The molecule has 2 saturated heterocycles. The van der Waals surface area contributed by atoms with Crippen molar-refractivity contribution in [2.24, 2.45) is 0 Å². The number of ether oxygens (including phenoxy) is 2. The molecule has 272 valence electrons. The van der Waals surface area contributed by atoms with Crippen LogP contribution in [0, 0.1) is 23.0 Å². The number of fused-ring (bicyclic) bond motifs is 2. The zero-order chi connectivity index (χ0) is 37.1. The van der Waals surface area contributed by atoms with E-state index in [0.29, 0.717) is 18.2 Å². The highest BCUT2D eigenvalue weighted by atomic mass is 32.1. The van der Waals surface area contributed by atoms with E-state index in [-0.39, 0.29) is 56.8 Å². The van der Waals surface area contributed by atoms with Gasteiger partial charge in [-0.3, -0.25) is 4.90 Å². The van der Waals surface area contributed by atoms with Gasteiger partial charge in [0, 0.05) is 45.6 Å². The molecule has 3 aliphatic rings. The van der Waals surface area contributed by atoms with Crippen molar-refractivity contribution in [2.75, 3.05) is 49.7 Å². The van der Waals surface area contributed by atoms with Gasteiger partial charge in [-0.2, -0.15) is 28.4 Å². The molecule has 5 aromatic rings. The minimum atomic E-state index is -5.26. The maximum atomic E-state index is 16.8. The van der Waals surface area contributed by atoms with Crippen molar-refractivity contribution in [1.29, 1.82) is 5.26 Å². The smallest absolute Gasteiger partial charge is 0.420 e. The molecular weight excluding hydrogens is 710 g/mol. The molecule has 3 aliphatic heterocycles. The summed E-state index contributed by atoms with van der Waals surface area (Å²) in [6, 6.07) is 6.95. The number of anilines is 3. The molecule has 10 nitrogen and oxygen atoms in total. The fourth-order valence-electron chi connectivity index (χ4n) is 7.46. The fraction of sp³-hybridized carbons (Fsp3) is 0.371. The van der Waals surface area contributed by atoms with Gasteiger partial charge in [0.1, 0.15) is 58.1 Å². The quantitative estimate of drug-likeness (QED) is 0.179. The highest BCUT2D eigenvalue weighted by Gasteiger charge is 2.45. The maximum absolute atomic E-state index is 16.8. The summed E-state index contributed by atoms with van der Waals surface area (Å²) in [6.45, 7) is 3.29. The van der Waals surface area contributed by atoms with Crippen molar-refractivity contribution >= 4 is 49.0 Å². The minimum absolute atomic E-state index is 0.00269. The highest BCUT2D eigenvalue weighted by Crippen LogP contribution is 2.54. The monoisotopic (exact) mass is 742 g/mol. The maximum Gasteiger partial charge on any atom is 0.420 e. The number of thiophene rings is 1. The molecule has 17 heteroatoms. The molecule has 0 amide bonds. The van der Waals surface area contributed by atoms with E-state index in [9.17, 15) is 9.65 Å². The SMILES string of the molecule is COc1nc2c3c(c(C(F)(F)F)c(-c4c(F)ccc5sc(N)c(C#N)c45)c(F)c3n1)OCCN2[C@H](C)c1cccnc1N.FC1CC2CCCN2C1. The van der Waals surface area contributed by atoms with Crippen molar-refractivity contribution in [3.63, 3.8) is 0 Å². The number of hydrogen-bond donors (Lipinski definition) is 2. The lowest BCUT2D eigenvalue weighted by atomic mass is 9.91. The number of nitrogens with two attached hydrogens (primary N) is 2. The van der Waals surface area contributed by atoms with Crippen LogP contribution in [0.4, 0.5) is 43.0 Å². The van der Waals surface area contributed by atoms with Gasteiger partial charge in [-0.25, -0.2) is 18.2 Å². The van der Waals surface area contributed by atoms with E-state index in [1.54, 1.807) is 30.0 Å². The van der Waals surface area contributed by atoms with Crippen molar-refractivity contribution in [3.05, 3.63) is 58.8 Å². The van der Waals surface area contributed by atoms with Crippen LogP contribution >= 0.6 is 11.3 Å². The Morgan fingerprint density at radius 2 is 1.90 bits per heavy atom. The lowest BCUT2D eigenvalue weighted by Gasteiger charge is -2.30. The van der Waals surface area contributed by atoms with Crippen LogP contribution < -0.4 is 25.8 Å². The van der Waals surface area contributed by atoms with Crippen LogP contribution in [0.1, 0.15) is 48.9 Å². The first-order chi connectivity index (χ1) is 24.8. The number of nitrogens with zero attached hydrogens (tertiary/aromatic N) is 6. The van der Waals surface area contributed by atoms with Gasteiger partial charge in [-0.15, -0.1) is 11.3 Å². The van der Waals surface area contributed by atoms with E-state index in [1.165, 1.54) is 32.2 Å². The van der Waals surface area contributed by atoms with Gasteiger partial charge in [-0.05, 0) is 50.9 Å². The molecule has 0 spiro atoms. The van der Waals surface area contributed by atoms with Crippen LogP contribution in [0.2, 0.25) is 0 Å². The fourth-order valence-corrected chi connectivity index (χ4v) is 8.39. The number of rotatable bonds is 4. The molecule has 0 bridgehead atoms. The van der Waals surface area contributed by atoms with Gasteiger partial charge in [0.15, 0.2) is 5.82 Å². The predicted octanol–water partition coefficient (Wildman–Crippen LogP) is 7.40. The van der Waals surface area contributed by atoms with E-state index in [1.807, 2.05) is 0 Å². The third kappa shape index (κ3) is 5.93. The zero-order valence-corrected chi connectivity index (χ0v) is 28.7. The number of nitriles is 1. The average molecular weight is 743 g/mol. The summed E-state index contributed by atoms with van der Waals surface area (Å²) in [5.41, 5.74) is 8.15. The third-order valence-corrected chi connectivity index (χ3v) is 10.7. The van der Waals surface area contributed by atoms with Crippen LogP contribution in [0.25, 0.3) is 32.1 Å². The Hall–Kier alpha value is -5.08. The van der Waals surface area contributed by atoms with Gasteiger partial charge in [0.05, 0.1) is 30.6 Å². The molecule has 0 saturated carbocycles. The van der Waals surface area contributed by atoms with Gasteiger partial charge in [0.25, 0.3) is 0 Å². The summed E-state index contributed by atoms with van der Waals surface area (Å²) in [7, 11) is 1.21. The summed E-state index contributed by atoms with van der Waals surface area (Å²) in [5.74, 6) is -3.43. The third-order valence-electron chi connectivity index (χ3n) is 9.76. The van der Waals surface area contributed by atoms with Crippen molar-refractivity contribution in [2.45, 2.75) is 50.6 Å². The highest BCUT2D eigenvalue weighted by molar-refractivity contribution is 7.23. The minimum Gasteiger partial charge on any atom is -0.490 e. The van der Waals surface area contributed by atoms with Gasteiger partial charge in [0.2, 0.25) is 0 Å². The number of pyridine rings is 1. The van der Waals surface area contributed by atoms with Crippen LogP contribution in [-0.4, -0.2) is 65.4 Å². The number of methoxy groups -OCH3 is 1. The molecule has 2 aromatic carbocycles. The normalized spacial score (nSPS) is 19.1. The Balaban J connectivity index is 0.000000404. The first-order valence-corrected chi connectivity index (χ1v) is 17.2. The number of nitrogen functional groups attached to an aromatic ring is 2. The number of aromatic nitrogens is 3. The molecule has 3 atom stereocenters. The number of alkyl halides is 4. The van der Waals surface area contributed by atoms with Crippen LogP contribution in [0.15, 0.2) is 30.5 Å². The van der Waals surface area contributed by atoms with Gasteiger partial charge >= 0.3 is 12.2 Å². The predicted molar refractivity (Wildman–Crippen MR) is 185 cm³/mol. The molecule has 6 heterocycles. The average Bonchev–Trinajstić information content (AvgIpc) is 3.75. The summed E-state index contributed by atoms with van der Waals surface area (Å²) in [6.07, 6.45) is -0.953.